The van der Waals surface area contributed by atoms with Crippen molar-refractivity contribution in [3.63, 3.8) is 0 Å². The minimum atomic E-state index is 0.794. The van der Waals surface area contributed by atoms with Crippen molar-refractivity contribution in [3.8, 4) is 0 Å². The Bertz CT molecular complexity index is 225. The van der Waals surface area contributed by atoms with Gasteiger partial charge in [0.2, 0.25) is 0 Å². The predicted octanol–water partition coefficient (Wildman–Crippen LogP) is 3.42. The van der Waals surface area contributed by atoms with E-state index >= 15 is 0 Å². The molecule has 0 spiro atoms. The molecule has 2 fully saturated rings. The normalized spacial score (nSPS) is 28.0. The summed E-state index contributed by atoms with van der Waals surface area (Å²) in [7, 11) is 0. The minimum Gasteiger partial charge on any atom is -0.312 e. The molecule has 2 unspecified atom stereocenters. The van der Waals surface area contributed by atoms with Crippen molar-refractivity contribution >= 4 is 0 Å². The van der Waals surface area contributed by atoms with Crippen LogP contribution < -0.4 is 5.32 Å². The SMILES string of the molecule is CCCCCCC(C)N1CCCNC(C2CC2)C1. The molecule has 1 N–H and O–H groups in total. The molecule has 106 valence electrons. The number of hydrogen-bond donors (Lipinski definition) is 1. The van der Waals surface area contributed by atoms with Gasteiger partial charge in [0.1, 0.15) is 0 Å². The van der Waals surface area contributed by atoms with Gasteiger partial charge in [0.25, 0.3) is 0 Å². The molecule has 0 radical (unpaired) electrons. The van der Waals surface area contributed by atoms with Crippen molar-refractivity contribution in [1.29, 1.82) is 0 Å². The predicted molar refractivity (Wildman–Crippen MR) is 78.9 cm³/mol. The second kappa shape index (κ2) is 7.49. The fourth-order valence-corrected chi connectivity index (χ4v) is 3.24. The molecule has 0 aromatic heterocycles. The van der Waals surface area contributed by atoms with E-state index < -0.39 is 0 Å². The monoisotopic (exact) mass is 252 g/mol. The van der Waals surface area contributed by atoms with E-state index in [1.54, 1.807) is 0 Å². The molecule has 0 amide bonds. The van der Waals surface area contributed by atoms with Crippen LogP contribution in [0.5, 0.6) is 0 Å². The molecule has 1 aliphatic carbocycles. The zero-order valence-electron chi connectivity index (χ0n) is 12.5. The quantitative estimate of drug-likeness (QED) is 0.698. The maximum Gasteiger partial charge on any atom is 0.0223 e. The first kappa shape index (κ1) is 14.3. The molecule has 2 aliphatic rings. The Kier molecular flexibility index (Phi) is 5.97. The van der Waals surface area contributed by atoms with E-state index in [9.17, 15) is 0 Å². The average molecular weight is 252 g/mol. The fourth-order valence-electron chi connectivity index (χ4n) is 3.24. The largest absolute Gasteiger partial charge is 0.312 e. The van der Waals surface area contributed by atoms with Crippen molar-refractivity contribution in [2.75, 3.05) is 19.6 Å². The summed E-state index contributed by atoms with van der Waals surface area (Å²) >= 11 is 0. The van der Waals surface area contributed by atoms with Crippen LogP contribution in [0.25, 0.3) is 0 Å². The molecule has 0 aromatic rings. The molecule has 1 saturated heterocycles. The van der Waals surface area contributed by atoms with Gasteiger partial charge in [0.05, 0.1) is 0 Å². The first-order chi connectivity index (χ1) is 8.81. The lowest BCUT2D eigenvalue weighted by Crippen LogP contribution is -2.42. The van der Waals surface area contributed by atoms with Gasteiger partial charge < -0.3 is 5.32 Å². The third-order valence-electron chi connectivity index (χ3n) is 4.75. The Balaban J connectivity index is 1.71. The molecule has 1 aliphatic heterocycles. The van der Waals surface area contributed by atoms with Gasteiger partial charge in [-0.1, -0.05) is 32.6 Å². The van der Waals surface area contributed by atoms with Crippen LogP contribution in [0.4, 0.5) is 0 Å². The first-order valence-corrected chi connectivity index (χ1v) is 8.28. The molecular formula is C16H32N2. The maximum atomic E-state index is 3.76. The summed E-state index contributed by atoms with van der Waals surface area (Å²) in [5.41, 5.74) is 0. The van der Waals surface area contributed by atoms with Crippen molar-refractivity contribution in [2.24, 2.45) is 5.92 Å². The Morgan fingerprint density at radius 2 is 2.06 bits per heavy atom. The molecule has 2 nitrogen and oxygen atoms in total. The Morgan fingerprint density at radius 1 is 1.22 bits per heavy atom. The Morgan fingerprint density at radius 3 is 2.78 bits per heavy atom. The number of nitrogens with one attached hydrogen (secondary N) is 1. The summed E-state index contributed by atoms with van der Waals surface area (Å²) in [5.74, 6) is 0.998. The number of nitrogens with zero attached hydrogens (tertiary/aromatic N) is 1. The lowest BCUT2D eigenvalue weighted by molar-refractivity contribution is 0.187. The van der Waals surface area contributed by atoms with Gasteiger partial charge in [-0.25, -0.2) is 0 Å². The summed E-state index contributed by atoms with van der Waals surface area (Å²) in [5, 5.41) is 3.76. The lowest BCUT2D eigenvalue weighted by Gasteiger charge is -2.30. The first-order valence-electron chi connectivity index (χ1n) is 8.28. The van der Waals surface area contributed by atoms with Gasteiger partial charge in [-0.2, -0.15) is 0 Å². The smallest absolute Gasteiger partial charge is 0.0223 e. The van der Waals surface area contributed by atoms with Crippen LogP contribution in [0.2, 0.25) is 0 Å². The van der Waals surface area contributed by atoms with E-state index in [4.69, 9.17) is 0 Å². The number of rotatable bonds is 7. The van der Waals surface area contributed by atoms with Crippen molar-refractivity contribution in [1.82, 2.24) is 10.2 Å². The lowest BCUT2D eigenvalue weighted by atomic mass is 10.1. The molecule has 0 aromatic carbocycles. The van der Waals surface area contributed by atoms with E-state index in [-0.39, 0.29) is 0 Å². The van der Waals surface area contributed by atoms with Gasteiger partial charge in [-0.3, -0.25) is 4.90 Å². The minimum absolute atomic E-state index is 0.794. The van der Waals surface area contributed by atoms with E-state index in [1.165, 1.54) is 71.0 Å². The van der Waals surface area contributed by atoms with Gasteiger partial charge in [-0.05, 0) is 51.6 Å². The summed E-state index contributed by atoms with van der Waals surface area (Å²) in [4.78, 5) is 2.76. The zero-order chi connectivity index (χ0) is 12.8. The van der Waals surface area contributed by atoms with Crippen LogP contribution in [0.15, 0.2) is 0 Å². The standard InChI is InChI=1S/C16H32N2/c1-3-4-5-6-8-14(2)18-12-7-11-17-16(13-18)15-9-10-15/h14-17H,3-13H2,1-2H3. The average Bonchev–Trinajstić information content (AvgIpc) is 3.18. The maximum absolute atomic E-state index is 3.76. The molecule has 1 heterocycles. The topological polar surface area (TPSA) is 15.3 Å². The highest BCUT2D eigenvalue weighted by atomic mass is 15.2. The van der Waals surface area contributed by atoms with Gasteiger partial charge in [-0.15, -0.1) is 0 Å². The third kappa shape index (κ3) is 4.55. The van der Waals surface area contributed by atoms with Crippen LogP contribution in [0.3, 0.4) is 0 Å². The molecule has 2 atom stereocenters. The summed E-state index contributed by atoms with van der Waals surface area (Å²) in [6.45, 7) is 8.59. The van der Waals surface area contributed by atoms with Crippen molar-refractivity contribution in [3.05, 3.63) is 0 Å². The summed E-state index contributed by atoms with van der Waals surface area (Å²) in [6.07, 6.45) is 11.3. The van der Waals surface area contributed by atoms with E-state index in [2.05, 4.69) is 24.1 Å². The summed E-state index contributed by atoms with van der Waals surface area (Å²) in [6, 6.07) is 1.59. The van der Waals surface area contributed by atoms with Crippen molar-refractivity contribution in [2.45, 2.75) is 77.3 Å². The molecule has 18 heavy (non-hydrogen) atoms. The van der Waals surface area contributed by atoms with Crippen LogP contribution in [-0.4, -0.2) is 36.6 Å². The van der Waals surface area contributed by atoms with Crippen LogP contribution in [-0.2, 0) is 0 Å². The van der Waals surface area contributed by atoms with E-state index in [1.807, 2.05) is 0 Å². The van der Waals surface area contributed by atoms with Gasteiger partial charge >= 0.3 is 0 Å². The summed E-state index contributed by atoms with van der Waals surface area (Å²) < 4.78 is 0. The molecule has 1 saturated carbocycles. The molecule has 2 heteroatoms. The van der Waals surface area contributed by atoms with Crippen LogP contribution in [0, 0.1) is 5.92 Å². The fraction of sp³-hybridized carbons (Fsp3) is 1.00. The third-order valence-corrected chi connectivity index (χ3v) is 4.75. The van der Waals surface area contributed by atoms with E-state index in [0.29, 0.717) is 0 Å². The molecular weight excluding hydrogens is 220 g/mol. The van der Waals surface area contributed by atoms with Gasteiger partial charge in [0.15, 0.2) is 0 Å². The Labute approximate surface area is 114 Å². The van der Waals surface area contributed by atoms with Crippen LogP contribution in [0.1, 0.15) is 65.2 Å². The number of hydrogen-bond acceptors (Lipinski definition) is 2. The highest BCUT2D eigenvalue weighted by molar-refractivity contribution is 4.90. The molecule has 2 rings (SSSR count). The van der Waals surface area contributed by atoms with Crippen LogP contribution >= 0.6 is 0 Å². The second-order valence-corrected chi connectivity index (χ2v) is 6.44. The Hall–Kier alpha value is -0.0800. The molecule has 0 bridgehead atoms. The van der Waals surface area contributed by atoms with Crippen molar-refractivity contribution < 1.29 is 0 Å². The zero-order valence-corrected chi connectivity index (χ0v) is 12.5. The van der Waals surface area contributed by atoms with E-state index in [0.717, 1.165) is 18.0 Å². The second-order valence-electron chi connectivity index (χ2n) is 6.44. The number of unbranched alkanes of at least 4 members (excludes halogenated alkanes) is 3. The van der Waals surface area contributed by atoms with Gasteiger partial charge in [0, 0.05) is 18.6 Å². The highest BCUT2D eigenvalue weighted by Gasteiger charge is 2.33. The highest BCUT2D eigenvalue weighted by Crippen LogP contribution is 2.33.